The highest BCUT2D eigenvalue weighted by Crippen LogP contribution is 2.33. The zero-order valence-corrected chi connectivity index (χ0v) is 13.1. The van der Waals surface area contributed by atoms with Gasteiger partial charge in [-0.1, -0.05) is 23.4 Å². The van der Waals surface area contributed by atoms with E-state index in [-0.39, 0.29) is 0 Å². The van der Waals surface area contributed by atoms with E-state index in [0.717, 1.165) is 6.07 Å². The van der Waals surface area contributed by atoms with E-state index in [9.17, 15) is 18.3 Å². The Balaban J connectivity index is 2.24. The monoisotopic (exact) mass is 365 g/mol. The maximum atomic E-state index is 11.2. The predicted molar refractivity (Wildman–Crippen MR) is 83.5 cm³/mol. The van der Waals surface area contributed by atoms with Crippen LogP contribution in [0.15, 0.2) is 68.0 Å². The van der Waals surface area contributed by atoms with Crippen molar-refractivity contribution in [2.24, 2.45) is 20.7 Å². The molecule has 0 unspecified atom stereocenters. The van der Waals surface area contributed by atoms with Crippen LogP contribution < -0.4 is 5.53 Å². The highest BCUT2D eigenvalue weighted by atomic mass is 32.2. The van der Waals surface area contributed by atoms with E-state index in [2.05, 4.69) is 26.2 Å². The summed E-state index contributed by atoms with van der Waals surface area (Å²) >= 11 is 0. The molecule has 25 heavy (non-hydrogen) atoms. The summed E-state index contributed by atoms with van der Waals surface area (Å²) in [5.41, 5.74) is 1.31. The molecule has 0 spiro atoms. The van der Waals surface area contributed by atoms with Gasteiger partial charge in [0, 0.05) is 0 Å². The summed E-state index contributed by atoms with van der Waals surface area (Å²) < 4.78 is 31.4. The molecule has 0 atom stereocenters. The van der Waals surface area contributed by atoms with Crippen molar-refractivity contribution in [3.05, 3.63) is 48.0 Å². The molecule has 0 fully saturated rings. The molecule has 0 amide bonds. The molecule has 0 aliphatic rings. The van der Waals surface area contributed by atoms with Gasteiger partial charge in [0.15, 0.2) is 5.75 Å². The molecule has 0 heterocycles. The topological polar surface area (TPSA) is 173 Å². The molecule has 0 aliphatic heterocycles. The zero-order valence-electron chi connectivity index (χ0n) is 12.3. The number of hydrogen-bond donors (Lipinski definition) is 4. The van der Waals surface area contributed by atoms with E-state index in [4.69, 9.17) is 9.66 Å². The van der Waals surface area contributed by atoms with Crippen molar-refractivity contribution in [1.29, 1.82) is 0 Å². The molecule has 4 N–H and O–H groups in total. The molecular formula is C13H11N5O6S. The summed E-state index contributed by atoms with van der Waals surface area (Å²) in [5.74, 6) is -2.44. The summed E-state index contributed by atoms with van der Waals surface area (Å²) in [7, 11) is -4.71. The second-order valence-electron chi connectivity index (χ2n) is 4.45. The maximum Gasteiger partial charge on any atom is 0.339 e. The molecule has 0 bridgehead atoms. The largest absolute Gasteiger partial charge is 0.505 e. The normalized spacial score (nSPS) is 11.9. The third-order valence-corrected chi connectivity index (χ3v) is 3.59. The Bertz CT molecular complexity index is 943. The Morgan fingerprint density at radius 3 is 2.28 bits per heavy atom. The molecule has 0 radical (unpaired) electrons. The SMILES string of the molecule is O=C(O)c1cc(S(=O)(=O)O)cc(N=NNN=Nc2ccccc2)c1O. The Morgan fingerprint density at radius 2 is 1.68 bits per heavy atom. The van der Waals surface area contributed by atoms with Gasteiger partial charge in [-0.2, -0.15) is 14.0 Å². The van der Waals surface area contributed by atoms with E-state index >= 15 is 0 Å². The summed E-state index contributed by atoms with van der Waals surface area (Å²) in [6.07, 6.45) is 0. The minimum atomic E-state index is -4.71. The highest BCUT2D eigenvalue weighted by Gasteiger charge is 2.20. The number of nitrogens with one attached hydrogen (secondary N) is 1. The van der Waals surface area contributed by atoms with Gasteiger partial charge in [-0.05, 0) is 29.5 Å². The first-order valence-corrected chi connectivity index (χ1v) is 7.92. The van der Waals surface area contributed by atoms with Crippen LogP contribution in [-0.2, 0) is 10.1 Å². The van der Waals surface area contributed by atoms with Crippen molar-refractivity contribution in [2.45, 2.75) is 4.90 Å². The Morgan fingerprint density at radius 1 is 1.04 bits per heavy atom. The van der Waals surface area contributed by atoms with E-state index in [1.807, 2.05) is 0 Å². The summed E-state index contributed by atoms with van der Waals surface area (Å²) in [6, 6.07) is 9.94. The number of aromatic carboxylic acids is 1. The van der Waals surface area contributed by atoms with Gasteiger partial charge in [-0.25, -0.2) is 4.79 Å². The lowest BCUT2D eigenvalue weighted by atomic mass is 10.2. The van der Waals surface area contributed by atoms with E-state index in [1.165, 1.54) is 0 Å². The van der Waals surface area contributed by atoms with Gasteiger partial charge in [0.1, 0.15) is 11.3 Å². The summed E-state index contributed by atoms with van der Waals surface area (Å²) in [6.45, 7) is 0. The molecule has 12 heteroatoms. The van der Waals surface area contributed by atoms with Crippen LogP contribution >= 0.6 is 0 Å². The fourth-order valence-electron chi connectivity index (χ4n) is 1.65. The minimum Gasteiger partial charge on any atom is -0.505 e. The molecular weight excluding hydrogens is 354 g/mol. The second-order valence-corrected chi connectivity index (χ2v) is 5.88. The summed E-state index contributed by atoms with van der Waals surface area (Å²) in [5, 5.41) is 32.7. The lowest BCUT2D eigenvalue weighted by Gasteiger charge is -2.05. The van der Waals surface area contributed by atoms with Crippen LogP contribution in [-0.4, -0.2) is 29.2 Å². The van der Waals surface area contributed by atoms with Crippen molar-refractivity contribution in [2.75, 3.05) is 0 Å². The molecule has 0 aliphatic carbocycles. The number of carboxylic acids is 1. The van der Waals surface area contributed by atoms with E-state index in [0.29, 0.717) is 11.8 Å². The molecule has 0 saturated carbocycles. The quantitative estimate of drug-likeness (QED) is 0.346. The molecule has 130 valence electrons. The number of aromatic hydroxyl groups is 1. The van der Waals surface area contributed by atoms with Gasteiger partial charge in [0.2, 0.25) is 0 Å². The Hall–Kier alpha value is -3.38. The summed E-state index contributed by atoms with van der Waals surface area (Å²) in [4.78, 5) is 10.3. The second kappa shape index (κ2) is 7.46. The van der Waals surface area contributed by atoms with Crippen LogP contribution in [0.25, 0.3) is 0 Å². The van der Waals surface area contributed by atoms with Crippen LogP contribution in [0.2, 0.25) is 0 Å². The number of carboxylic acid groups (broad SMARTS) is 1. The van der Waals surface area contributed by atoms with E-state index in [1.54, 1.807) is 30.3 Å². The zero-order chi connectivity index (χ0) is 18.4. The molecule has 2 aromatic carbocycles. The standard InChI is InChI=1S/C13H11N5O6S/c19-12-10(13(20)21)6-9(25(22,23)24)7-11(12)15-17-18-16-14-8-4-2-1-3-5-8/h1-7,19H,(H,20,21)(H,14,15,18)(H,22,23,24). The number of benzene rings is 2. The first-order chi connectivity index (χ1) is 11.8. The van der Waals surface area contributed by atoms with Gasteiger partial charge >= 0.3 is 5.97 Å². The van der Waals surface area contributed by atoms with Gasteiger partial charge in [-0.15, -0.1) is 10.2 Å². The van der Waals surface area contributed by atoms with Crippen LogP contribution in [0.4, 0.5) is 11.4 Å². The van der Waals surface area contributed by atoms with Gasteiger partial charge in [0.05, 0.1) is 10.6 Å². The maximum absolute atomic E-state index is 11.2. The number of nitrogens with zero attached hydrogens (tertiary/aromatic N) is 4. The first kappa shape index (κ1) is 18.0. The number of phenols is 1. The molecule has 0 saturated heterocycles. The van der Waals surface area contributed by atoms with Crippen molar-refractivity contribution in [1.82, 2.24) is 5.53 Å². The van der Waals surface area contributed by atoms with E-state index < -0.39 is 38.0 Å². The fraction of sp³-hybridized carbons (Fsp3) is 0. The highest BCUT2D eigenvalue weighted by molar-refractivity contribution is 7.85. The molecule has 11 nitrogen and oxygen atoms in total. The minimum absolute atomic E-state index is 0.505. The van der Waals surface area contributed by atoms with Crippen molar-refractivity contribution in [3.8, 4) is 5.75 Å². The smallest absolute Gasteiger partial charge is 0.339 e. The number of carbonyl (C=O) groups is 1. The van der Waals surface area contributed by atoms with Crippen LogP contribution in [0.3, 0.4) is 0 Å². The number of hydrogen-bond acceptors (Lipinski definition) is 8. The first-order valence-electron chi connectivity index (χ1n) is 6.48. The Labute approximate surface area is 141 Å². The molecule has 2 rings (SSSR count). The van der Waals surface area contributed by atoms with Crippen molar-refractivity contribution >= 4 is 27.5 Å². The Kier molecular flexibility index (Phi) is 5.36. The molecule has 0 aromatic heterocycles. The van der Waals surface area contributed by atoms with Gasteiger partial charge < -0.3 is 10.2 Å². The van der Waals surface area contributed by atoms with Crippen LogP contribution in [0, 0.1) is 0 Å². The predicted octanol–water partition coefficient (Wildman–Crippen LogP) is 2.62. The van der Waals surface area contributed by atoms with Crippen molar-refractivity contribution < 1.29 is 28.0 Å². The average molecular weight is 365 g/mol. The van der Waals surface area contributed by atoms with Gasteiger partial charge in [0.25, 0.3) is 10.1 Å². The lowest BCUT2D eigenvalue weighted by Crippen LogP contribution is -2.03. The van der Waals surface area contributed by atoms with Crippen LogP contribution in [0.1, 0.15) is 10.4 Å². The van der Waals surface area contributed by atoms with Gasteiger partial charge in [-0.3, -0.25) is 4.55 Å². The molecule has 2 aromatic rings. The third-order valence-electron chi connectivity index (χ3n) is 2.76. The van der Waals surface area contributed by atoms with Crippen molar-refractivity contribution in [3.63, 3.8) is 0 Å². The number of rotatable bonds is 6. The average Bonchev–Trinajstić information content (AvgIpc) is 2.55. The van der Waals surface area contributed by atoms with Crippen LogP contribution in [0.5, 0.6) is 5.75 Å². The third kappa shape index (κ3) is 4.79. The fourth-order valence-corrected chi connectivity index (χ4v) is 2.18. The lowest BCUT2D eigenvalue weighted by molar-refractivity contribution is 0.0693.